The standard InChI is InChI=1S/C34H36ClFN4O3.CH3NO/c1-18-17-42-33-25(18)14-29(40-32(33)20-5-10-27(35)28(36)12-20)26(19-3-2-4-19)16-39-34(41)21-11-22(15-38-23-6-7-23)31(37)30(13-21)43-24-8-9-24;2-1-3/h5,10-15,18-19,23-24,26H,2-4,6-9,16-17,37H2,1H3,(H,39,41);1H,(H2,2,3). The Balaban J connectivity index is 0.00000119. The number of nitrogens with two attached hydrogens (primary N) is 2. The van der Waals surface area contributed by atoms with Crippen molar-refractivity contribution in [2.45, 2.75) is 75.9 Å². The van der Waals surface area contributed by atoms with E-state index in [-0.39, 0.29) is 35.3 Å². The van der Waals surface area contributed by atoms with Crippen LogP contribution in [0.25, 0.3) is 11.3 Å². The summed E-state index contributed by atoms with van der Waals surface area (Å²) in [6.45, 7) is 3.09. The summed E-state index contributed by atoms with van der Waals surface area (Å²) in [5, 5.41) is 3.26. The van der Waals surface area contributed by atoms with Crippen LogP contribution < -0.4 is 26.3 Å². The Labute approximate surface area is 272 Å². The van der Waals surface area contributed by atoms with Crippen LogP contribution in [0.1, 0.15) is 90.9 Å². The highest BCUT2D eigenvalue weighted by Crippen LogP contribution is 2.45. The van der Waals surface area contributed by atoms with Gasteiger partial charge in [-0.1, -0.05) is 31.0 Å². The predicted octanol–water partition coefficient (Wildman–Crippen LogP) is 6.16. The first-order chi connectivity index (χ1) is 22.2. The number of anilines is 1. The van der Waals surface area contributed by atoms with Gasteiger partial charge in [0.2, 0.25) is 6.41 Å². The minimum absolute atomic E-state index is 0.00133. The maximum atomic E-state index is 14.5. The fraction of sp³-hybridized carbons (Fsp3) is 0.429. The van der Waals surface area contributed by atoms with Crippen LogP contribution in [-0.2, 0) is 4.79 Å². The molecule has 46 heavy (non-hydrogen) atoms. The number of ether oxygens (including phenoxy) is 2. The highest BCUT2D eigenvalue weighted by Gasteiger charge is 2.34. The van der Waals surface area contributed by atoms with E-state index in [9.17, 15) is 9.18 Å². The number of hydrogen-bond donors (Lipinski definition) is 3. The predicted molar refractivity (Wildman–Crippen MR) is 176 cm³/mol. The van der Waals surface area contributed by atoms with Gasteiger partial charge in [0, 0.05) is 52.5 Å². The first kappa shape index (κ1) is 31.8. The van der Waals surface area contributed by atoms with E-state index in [1.54, 1.807) is 30.5 Å². The molecule has 2 amide bonds. The summed E-state index contributed by atoms with van der Waals surface area (Å²) in [6, 6.07) is 10.7. The maximum absolute atomic E-state index is 14.5. The van der Waals surface area contributed by atoms with Gasteiger partial charge in [0.25, 0.3) is 5.91 Å². The normalized spacial score (nSPS) is 19.3. The largest absolute Gasteiger partial charge is 0.490 e. The number of halogens is 2. The Hall–Kier alpha value is -4.18. The third-order valence-corrected chi connectivity index (χ3v) is 9.34. The van der Waals surface area contributed by atoms with E-state index in [1.807, 2.05) is 0 Å². The molecule has 242 valence electrons. The van der Waals surface area contributed by atoms with Crippen LogP contribution in [0, 0.1) is 11.7 Å². The third-order valence-electron chi connectivity index (χ3n) is 9.03. The molecule has 5 N–H and O–H groups in total. The lowest BCUT2D eigenvalue weighted by Gasteiger charge is -2.34. The van der Waals surface area contributed by atoms with Crippen LogP contribution in [0.2, 0.25) is 5.02 Å². The minimum atomic E-state index is -0.496. The van der Waals surface area contributed by atoms with Crippen molar-refractivity contribution in [3.63, 3.8) is 0 Å². The van der Waals surface area contributed by atoms with Gasteiger partial charge < -0.3 is 26.3 Å². The van der Waals surface area contributed by atoms with Gasteiger partial charge in [-0.2, -0.15) is 0 Å². The van der Waals surface area contributed by atoms with E-state index in [0.29, 0.717) is 64.7 Å². The van der Waals surface area contributed by atoms with Crippen molar-refractivity contribution in [3.05, 3.63) is 69.6 Å². The topological polar surface area (TPSA) is 142 Å². The zero-order valence-electron chi connectivity index (χ0n) is 25.8. The lowest BCUT2D eigenvalue weighted by Crippen LogP contribution is -2.34. The van der Waals surface area contributed by atoms with Crippen molar-refractivity contribution in [1.82, 2.24) is 10.3 Å². The molecule has 7 rings (SSSR count). The van der Waals surface area contributed by atoms with Crippen molar-refractivity contribution >= 4 is 35.8 Å². The molecule has 0 bridgehead atoms. The van der Waals surface area contributed by atoms with Gasteiger partial charge in [0.05, 0.1) is 29.5 Å². The quantitative estimate of drug-likeness (QED) is 0.137. The van der Waals surface area contributed by atoms with Gasteiger partial charge in [0.15, 0.2) is 0 Å². The number of fused-ring (bicyclic) bond motifs is 1. The highest BCUT2D eigenvalue weighted by atomic mass is 35.5. The highest BCUT2D eigenvalue weighted by molar-refractivity contribution is 6.30. The molecule has 11 heteroatoms. The molecule has 0 radical (unpaired) electrons. The molecule has 3 saturated carbocycles. The molecule has 4 aliphatic rings. The van der Waals surface area contributed by atoms with Crippen LogP contribution in [0.3, 0.4) is 0 Å². The number of rotatable bonds is 10. The Morgan fingerprint density at radius 1 is 1.20 bits per heavy atom. The molecular weight excluding hydrogens is 609 g/mol. The average Bonchev–Trinajstić information content (AvgIpc) is 3.96. The summed E-state index contributed by atoms with van der Waals surface area (Å²) in [5.74, 6) is 1.11. The molecule has 1 aromatic heterocycles. The van der Waals surface area contributed by atoms with E-state index in [0.717, 1.165) is 56.2 Å². The number of nitrogens with zero attached hydrogens (tertiary/aromatic N) is 2. The zero-order chi connectivity index (χ0) is 32.4. The Morgan fingerprint density at radius 3 is 2.61 bits per heavy atom. The second-order valence-corrected chi connectivity index (χ2v) is 13.0. The second-order valence-electron chi connectivity index (χ2n) is 12.6. The number of pyridine rings is 1. The Bertz CT molecular complexity index is 1650. The van der Waals surface area contributed by atoms with Gasteiger partial charge >= 0.3 is 0 Å². The van der Waals surface area contributed by atoms with Crippen LogP contribution in [-0.4, -0.2) is 48.8 Å². The molecule has 3 aromatic rings. The van der Waals surface area contributed by atoms with Gasteiger partial charge in [0.1, 0.15) is 23.0 Å². The number of nitrogens with one attached hydrogen (secondary N) is 1. The smallest absolute Gasteiger partial charge is 0.251 e. The molecule has 2 aromatic carbocycles. The van der Waals surface area contributed by atoms with E-state index in [4.69, 9.17) is 36.6 Å². The summed E-state index contributed by atoms with van der Waals surface area (Å²) in [7, 11) is 0. The molecule has 2 unspecified atom stereocenters. The minimum Gasteiger partial charge on any atom is -0.490 e. The summed E-state index contributed by atoms with van der Waals surface area (Å²) < 4.78 is 26.6. The zero-order valence-corrected chi connectivity index (χ0v) is 26.6. The van der Waals surface area contributed by atoms with Crippen molar-refractivity contribution in [2.24, 2.45) is 16.6 Å². The molecule has 2 heterocycles. The van der Waals surface area contributed by atoms with Gasteiger partial charge in [-0.25, -0.2) is 9.37 Å². The Kier molecular flexibility index (Phi) is 9.44. The number of aromatic nitrogens is 1. The average molecular weight is 648 g/mol. The molecular formula is C35H39ClFN5O4. The number of aliphatic imine (C=N–C) groups is 1. The number of amides is 2. The third kappa shape index (κ3) is 7.12. The van der Waals surface area contributed by atoms with Gasteiger partial charge in [-0.15, -0.1) is 0 Å². The first-order valence-corrected chi connectivity index (χ1v) is 16.3. The van der Waals surface area contributed by atoms with Gasteiger partial charge in [-0.3, -0.25) is 14.6 Å². The number of nitrogen functional groups attached to an aromatic ring is 1. The van der Waals surface area contributed by atoms with E-state index in [1.165, 1.54) is 6.07 Å². The van der Waals surface area contributed by atoms with Crippen LogP contribution in [0.5, 0.6) is 11.5 Å². The fourth-order valence-corrected chi connectivity index (χ4v) is 5.95. The van der Waals surface area contributed by atoms with E-state index in [2.05, 4.69) is 29.0 Å². The SMILES string of the molecule is CC1COc2c1cc(C(CNC(=O)c1cc(C=NC3CC3)c(N)c(OC3CC3)c1)C1CCC1)nc2-c1ccc(Cl)c(F)c1.NC=O. The van der Waals surface area contributed by atoms with Crippen molar-refractivity contribution in [3.8, 4) is 22.8 Å². The molecule has 3 fully saturated rings. The monoisotopic (exact) mass is 647 g/mol. The van der Waals surface area contributed by atoms with Gasteiger partial charge in [-0.05, 0) is 74.8 Å². The van der Waals surface area contributed by atoms with Crippen molar-refractivity contribution < 1.29 is 23.5 Å². The first-order valence-electron chi connectivity index (χ1n) is 16.0. The molecule has 3 aliphatic carbocycles. The number of benzene rings is 2. The number of primary amides is 1. The summed E-state index contributed by atoms with van der Waals surface area (Å²) in [4.78, 5) is 31.9. The van der Waals surface area contributed by atoms with E-state index < -0.39 is 5.82 Å². The molecule has 0 spiro atoms. The summed E-state index contributed by atoms with van der Waals surface area (Å²) in [5.41, 5.74) is 15.5. The lowest BCUT2D eigenvalue weighted by atomic mass is 9.74. The second kappa shape index (κ2) is 13.7. The maximum Gasteiger partial charge on any atom is 0.251 e. The van der Waals surface area contributed by atoms with Crippen LogP contribution in [0.15, 0.2) is 41.4 Å². The summed E-state index contributed by atoms with van der Waals surface area (Å²) >= 11 is 5.98. The number of hydrogen-bond acceptors (Lipinski definition) is 7. The Morgan fingerprint density at radius 2 is 1.96 bits per heavy atom. The number of carbonyl (C=O) groups excluding carboxylic acids is 2. The van der Waals surface area contributed by atoms with Crippen molar-refractivity contribution in [1.29, 1.82) is 0 Å². The van der Waals surface area contributed by atoms with E-state index >= 15 is 0 Å². The lowest BCUT2D eigenvalue weighted by molar-refractivity contribution is -0.106. The van der Waals surface area contributed by atoms with Crippen molar-refractivity contribution in [2.75, 3.05) is 18.9 Å². The van der Waals surface area contributed by atoms with Crippen LogP contribution >= 0.6 is 11.6 Å². The molecule has 0 saturated heterocycles. The van der Waals surface area contributed by atoms with Crippen LogP contribution in [0.4, 0.5) is 10.1 Å². The molecule has 9 nitrogen and oxygen atoms in total. The summed E-state index contributed by atoms with van der Waals surface area (Å²) in [6.07, 6.45) is 9.62. The number of carbonyl (C=O) groups is 2. The molecule has 2 atom stereocenters. The molecule has 1 aliphatic heterocycles. The fourth-order valence-electron chi connectivity index (χ4n) is 5.84.